The molecular weight excluding hydrogens is 288 g/mol. The average molecular weight is 316 g/mol. The van der Waals surface area contributed by atoms with Crippen molar-refractivity contribution in [2.45, 2.75) is 70.8 Å². The zero-order chi connectivity index (χ0) is 16.1. The summed E-state index contributed by atoms with van der Waals surface area (Å²) < 4.78 is 0. The lowest BCUT2D eigenvalue weighted by Gasteiger charge is -2.28. The second-order valence-corrected chi connectivity index (χ2v) is 7.03. The van der Waals surface area contributed by atoms with Gasteiger partial charge in [-0.2, -0.15) is 10.2 Å². The molecule has 126 valence electrons. The summed E-state index contributed by atoms with van der Waals surface area (Å²) in [6.45, 7) is 2.74. The van der Waals surface area contributed by atoms with Gasteiger partial charge in [0.2, 0.25) is 0 Å². The maximum absolute atomic E-state index is 12.6. The number of nitrogens with zero attached hydrogens (tertiary/aromatic N) is 3. The molecule has 23 heavy (non-hydrogen) atoms. The summed E-state index contributed by atoms with van der Waals surface area (Å²) in [7, 11) is 0. The number of rotatable bonds is 4. The molecule has 0 radical (unpaired) electrons. The van der Waals surface area contributed by atoms with Crippen LogP contribution < -0.4 is 5.32 Å². The summed E-state index contributed by atoms with van der Waals surface area (Å²) in [5.41, 5.74) is 1.53. The highest BCUT2D eigenvalue weighted by Gasteiger charge is 2.29. The topological polar surface area (TPSA) is 58.1 Å². The summed E-state index contributed by atoms with van der Waals surface area (Å²) in [6, 6.07) is 2.24. The Morgan fingerprint density at radius 1 is 1.22 bits per heavy atom. The number of amides is 2. The smallest absolute Gasteiger partial charge is 0.322 e. The Morgan fingerprint density at radius 2 is 2.04 bits per heavy atom. The largest absolute Gasteiger partial charge is 0.322 e. The fourth-order valence-corrected chi connectivity index (χ4v) is 4.03. The van der Waals surface area contributed by atoms with Crippen molar-refractivity contribution >= 4 is 11.7 Å². The molecule has 5 heteroatoms. The number of carbonyl (C=O) groups excluding carboxylic acids is 1. The van der Waals surface area contributed by atoms with Gasteiger partial charge in [0, 0.05) is 12.6 Å². The van der Waals surface area contributed by atoms with Crippen LogP contribution in [0.3, 0.4) is 0 Å². The van der Waals surface area contributed by atoms with Crippen LogP contribution in [0.2, 0.25) is 0 Å². The summed E-state index contributed by atoms with van der Waals surface area (Å²) in [6.07, 6.45) is 13.3. The van der Waals surface area contributed by atoms with Gasteiger partial charge in [-0.1, -0.05) is 32.1 Å². The fourth-order valence-electron chi connectivity index (χ4n) is 4.03. The molecule has 1 atom stereocenters. The molecule has 2 aliphatic rings. The van der Waals surface area contributed by atoms with Crippen molar-refractivity contribution in [2.24, 2.45) is 5.92 Å². The standard InChI is InChI=1S/C18H28N4O/c1-14-17(11-12-19-21-14)20-18(23)22-13-5-8-16(22)10-9-15-6-3-2-4-7-15/h11-12,15-16H,2-10,13H2,1H3,(H,19,20,23). The van der Waals surface area contributed by atoms with Gasteiger partial charge in [0.1, 0.15) is 0 Å². The maximum atomic E-state index is 12.6. The Morgan fingerprint density at radius 3 is 2.83 bits per heavy atom. The Bertz CT molecular complexity index is 528. The minimum atomic E-state index is 0.0206. The quantitative estimate of drug-likeness (QED) is 0.908. The molecule has 0 bridgehead atoms. The van der Waals surface area contributed by atoms with Gasteiger partial charge in [-0.15, -0.1) is 0 Å². The third-order valence-electron chi connectivity index (χ3n) is 5.42. The minimum Gasteiger partial charge on any atom is -0.322 e. The number of anilines is 1. The predicted molar refractivity (Wildman–Crippen MR) is 91.3 cm³/mol. The van der Waals surface area contributed by atoms with E-state index in [4.69, 9.17) is 0 Å². The first-order valence-electron chi connectivity index (χ1n) is 9.10. The van der Waals surface area contributed by atoms with E-state index in [9.17, 15) is 4.79 Å². The van der Waals surface area contributed by atoms with Crippen molar-refractivity contribution < 1.29 is 4.79 Å². The van der Waals surface area contributed by atoms with Gasteiger partial charge in [-0.25, -0.2) is 4.79 Å². The summed E-state index contributed by atoms with van der Waals surface area (Å²) in [5.74, 6) is 0.890. The van der Waals surface area contributed by atoms with Crippen LogP contribution in [0.15, 0.2) is 12.3 Å². The van der Waals surface area contributed by atoms with E-state index >= 15 is 0 Å². The summed E-state index contributed by atoms with van der Waals surface area (Å²) in [5, 5.41) is 10.8. The SMILES string of the molecule is Cc1nnccc1NC(=O)N1CCCC1CCC1CCCCC1. The number of hydrogen-bond acceptors (Lipinski definition) is 3. The Balaban J connectivity index is 1.53. The van der Waals surface area contributed by atoms with E-state index in [1.54, 1.807) is 6.20 Å². The summed E-state index contributed by atoms with van der Waals surface area (Å²) >= 11 is 0. The summed E-state index contributed by atoms with van der Waals surface area (Å²) in [4.78, 5) is 14.6. The number of nitrogens with one attached hydrogen (secondary N) is 1. The monoisotopic (exact) mass is 316 g/mol. The first-order chi connectivity index (χ1) is 11.2. The molecule has 3 rings (SSSR count). The van der Waals surface area contributed by atoms with Crippen molar-refractivity contribution in [3.63, 3.8) is 0 Å². The van der Waals surface area contributed by atoms with E-state index < -0.39 is 0 Å². The maximum Gasteiger partial charge on any atom is 0.322 e. The average Bonchev–Trinajstić information content (AvgIpc) is 3.05. The van der Waals surface area contributed by atoms with E-state index in [1.807, 2.05) is 17.9 Å². The van der Waals surface area contributed by atoms with Gasteiger partial charge in [-0.3, -0.25) is 0 Å². The Labute approximate surface area is 138 Å². The van der Waals surface area contributed by atoms with Gasteiger partial charge in [-0.05, 0) is 44.6 Å². The molecule has 1 aromatic heterocycles. The number of likely N-dealkylation sites (tertiary alicyclic amines) is 1. The molecule has 1 N–H and O–H groups in total. The molecule has 0 aromatic carbocycles. The first kappa shape index (κ1) is 16.2. The molecule has 2 heterocycles. The molecule has 1 aliphatic carbocycles. The number of urea groups is 1. The van der Waals surface area contributed by atoms with Crippen molar-refractivity contribution in [1.82, 2.24) is 15.1 Å². The molecule has 2 amide bonds. The van der Waals surface area contributed by atoms with Gasteiger partial charge in [0.05, 0.1) is 17.6 Å². The van der Waals surface area contributed by atoms with Gasteiger partial charge in [0.25, 0.3) is 0 Å². The van der Waals surface area contributed by atoms with Crippen LogP contribution in [-0.4, -0.2) is 33.7 Å². The van der Waals surface area contributed by atoms with Crippen LogP contribution >= 0.6 is 0 Å². The van der Waals surface area contributed by atoms with Crippen LogP contribution in [0, 0.1) is 12.8 Å². The minimum absolute atomic E-state index is 0.0206. The molecule has 2 fully saturated rings. The predicted octanol–water partition coefficient (Wildman–Crippen LogP) is 4.14. The Hall–Kier alpha value is -1.65. The molecule has 1 unspecified atom stereocenters. The number of aromatic nitrogens is 2. The van der Waals surface area contributed by atoms with Crippen molar-refractivity contribution in [3.8, 4) is 0 Å². The van der Waals surface area contributed by atoms with E-state index in [0.29, 0.717) is 6.04 Å². The number of hydrogen-bond donors (Lipinski definition) is 1. The number of carbonyl (C=O) groups is 1. The van der Waals surface area contributed by atoms with Gasteiger partial charge < -0.3 is 10.2 Å². The third kappa shape index (κ3) is 4.21. The second-order valence-electron chi connectivity index (χ2n) is 7.03. The van der Waals surface area contributed by atoms with Crippen LogP contribution in [0.5, 0.6) is 0 Å². The molecule has 1 saturated carbocycles. The molecule has 0 spiro atoms. The number of aryl methyl sites for hydroxylation is 1. The lowest BCUT2D eigenvalue weighted by Crippen LogP contribution is -2.39. The van der Waals surface area contributed by atoms with Crippen molar-refractivity contribution in [2.75, 3.05) is 11.9 Å². The van der Waals surface area contributed by atoms with Gasteiger partial charge in [0.15, 0.2) is 0 Å². The lowest BCUT2D eigenvalue weighted by molar-refractivity contribution is 0.198. The zero-order valence-corrected chi connectivity index (χ0v) is 14.1. The third-order valence-corrected chi connectivity index (χ3v) is 5.42. The molecule has 5 nitrogen and oxygen atoms in total. The second kappa shape index (κ2) is 7.75. The highest BCUT2D eigenvalue weighted by Crippen LogP contribution is 2.31. The molecule has 1 aromatic rings. The fraction of sp³-hybridized carbons (Fsp3) is 0.722. The van der Waals surface area contributed by atoms with Crippen LogP contribution in [0.1, 0.15) is 63.5 Å². The van der Waals surface area contributed by atoms with Crippen LogP contribution in [0.4, 0.5) is 10.5 Å². The lowest BCUT2D eigenvalue weighted by atomic mass is 9.85. The zero-order valence-electron chi connectivity index (χ0n) is 14.1. The van der Waals surface area contributed by atoms with Crippen molar-refractivity contribution in [3.05, 3.63) is 18.0 Å². The normalized spacial score (nSPS) is 22.3. The van der Waals surface area contributed by atoms with E-state index in [1.165, 1.54) is 38.5 Å². The van der Waals surface area contributed by atoms with Crippen molar-refractivity contribution in [1.29, 1.82) is 0 Å². The molecule has 1 aliphatic heterocycles. The van der Waals surface area contributed by atoms with E-state index in [-0.39, 0.29) is 6.03 Å². The highest BCUT2D eigenvalue weighted by atomic mass is 16.2. The van der Waals surface area contributed by atoms with Crippen LogP contribution in [-0.2, 0) is 0 Å². The first-order valence-corrected chi connectivity index (χ1v) is 9.10. The Kier molecular flexibility index (Phi) is 5.47. The molecular formula is C18H28N4O. The van der Waals surface area contributed by atoms with Gasteiger partial charge >= 0.3 is 6.03 Å². The van der Waals surface area contributed by atoms with E-state index in [0.717, 1.165) is 43.1 Å². The molecule has 1 saturated heterocycles. The van der Waals surface area contributed by atoms with E-state index in [2.05, 4.69) is 15.5 Å². The highest BCUT2D eigenvalue weighted by molar-refractivity contribution is 5.90. The van der Waals surface area contributed by atoms with Crippen LogP contribution in [0.25, 0.3) is 0 Å².